The van der Waals surface area contributed by atoms with Gasteiger partial charge in [-0.05, 0) is 31.2 Å². The molecular weight excluding hydrogens is 412 g/mol. The summed E-state index contributed by atoms with van der Waals surface area (Å²) < 4.78 is 0. The molecule has 1 aromatic heterocycles. The molecule has 3 heterocycles. The molecule has 1 aromatic carbocycles. The van der Waals surface area contributed by atoms with Crippen molar-refractivity contribution in [1.29, 1.82) is 0 Å². The quantitative estimate of drug-likeness (QED) is 0.691. The SMILES string of the molecule is Cc1csc(CN2CCN(C(=O)c3ccc(N4C(=O)CCC4=O)cc3)CC2)n1.Cl. The molecule has 0 bridgehead atoms. The van der Waals surface area contributed by atoms with Crippen LogP contribution >= 0.6 is 23.7 Å². The number of benzene rings is 1. The maximum atomic E-state index is 12.8. The Morgan fingerprint density at radius 2 is 1.66 bits per heavy atom. The summed E-state index contributed by atoms with van der Waals surface area (Å²) >= 11 is 1.67. The lowest BCUT2D eigenvalue weighted by Crippen LogP contribution is -2.48. The standard InChI is InChI=1S/C20H22N4O3S.ClH/c1-14-13-28-17(21-14)12-22-8-10-23(11-9-22)20(27)15-2-4-16(5-3-15)24-18(25)6-7-19(24)26;/h2-5,13H,6-12H2,1H3;1H. The molecule has 29 heavy (non-hydrogen) atoms. The highest BCUT2D eigenvalue weighted by Gasteiger charge is 2.30. The Balaban J connectivity index is 0.00000240. The predicted octanol–water partition coefficient (Wildman–Crippen LogP) is 2.48. The Labute approximate surface area is 179 Å². The van der Waals surface area contributed by atoms with Gasteiger partial charge in [-0.25, -0.2) is 4.98 Å². The highest BCUT2D eigenvalue weighted by Crippen LogP contribution is 2.23. The van der Waals surface area contributed by atoms with E-state index in [9.17, 15) is 14.4 Å². The minimum absolute atomic E-state index is 0. The number of amides is 3. The van der Waals surface area contributed by atoms with Gasteiger partial charge in [-0.3, -0.25) is 24.2 Å². The van der Waals surface area contributed by atoms with Gasteiger partial charge in [-0.2, -0.15) is 0 Å². The van der Waals surface area contributed by atoms with Crippen molar-refractivity contribution >= 4 is 47.2 Å². The van der Waals surface area contributed by atoms with E-state index in [0.717, 1.165) is 30.3 Å². The van der Waals surface area contributed by atoms with Gasteiger partial charge < -0.3 is 4.90 Å². The van der Waals surface area contributed by atoms with Crippen molar-refractivity contribution < 1.29 is 14.4 Å². The van der Waals surface area contributed by atoms with Gasteiger partial charge in [0.25, 0.3) is 5.91 Å². The Hall–Kier alpha value is -2.29. The number of hydrogen-bond donors (Lipinski definition) is 0. The molecule has 0 aliphatic carbocycles. The number of hydrogen-bond acceptors (Lipinski definition) is 6. The van der Waals surface area contributed by atoms with Crippen LogP contribution in [0.25, 0.3) is 0 Å². The number of anilines is 1. The lowest BCUT2D eigenvalue weighted by atomic mass is 10.1. The van der Waals surface area contributed by atoms with Crippen molar-refractivity contribution in [2.24, 2.45) is 0 Å². The molecule has 4 rings (SSSR count). The number of rotatable bonds is 4. The van der Waals surface area contributed by atoms with Gasteiger partial charge in [0, 0.05) is 55.7 Å². The fourth-order valence-electron chi connectivity index (χ4n) is 3.58. The second-order valence-electron chi connectivity index (χ2n) is 7.12. The van der Waals surface area contributed by atoms with E-state index in [-0.39, 0.29) is 43.0 Å². The number of aryl methyl sites for hydroxylation is 1. The average Bonchev–Trinajstić information content (AvgIpc) is 3.26. The van der Waals surface area contributed by atoms with Crippen molar-refractivity contribution in [1.82, 2.24) is 14.8 Å². The van der Waals surface area contributed by atoms with Crippen LogP contribution in [0.15, 0.2) is 29.6 Å². The van der Waals surface area contributed by atoms with Crippen LogP contribution < -0.4 is 4.90 Å². The maximum Gasteiger partial charge on any atom is 0.253 e. The van der Waals surface area contributed by atoms with E-state index in [4.69, 9.17) is 0 Å². The molecule has 3 amide bonds. The van der Waals surface area contributed by atoms with Crippen molar-refractivity contribution in [2.45, 2.75) is 26.3 Å². The molecule has 0 spiro atoms. The highest BCUT2D eigenvalue weighted by atomic mass is 35.5. The average molecular weight is 435 g/mol. The summed E-state index contributed by atoms with van der Waals surface area (Å²) in [6.45, 7) is 5.81. The van der Waals surface area contributed by atoms with Crippen molar-refractivity contribution in [2.75, 3.05) is 31.1 Å². The first kappa shape index (κ1) is 21.4. The van der Waals surface area contributed by atoms with Crippen LogP contribution in [0.5, 0.6) is 0 Å². The van der Waals surface area contributed by atoms with Gasteiger partial charge in [0.1, 0.15) is 5.01 Å². The Bertz CT molecular complexity index is 891. The number of carbonyl (C=O) groups is 3. The summed E-state index contributed by atoms with van der Waals surface area (Å²) in [5.74, 6) is -0.387. The molecular formula is C20H23ClN4O3S. The van der Waals surface area contributed by atoms with Crippen LogP contribution in [-0.2, 0) is 16.1 Å². The van der Waals surface area contributed by atoms with Gasteiger partial charge in [0.15, 0.2) is 0 Å². The number of aromatic nitrogens is 1. The van der Waals surface area contributed by atoms with Crippen molar-refractivity contribution in [3.63, 3.8) is 0 Å². The molecule has 9 heteroatoms. The summed E-state index contributed by atoms with van der Waals surface area (Å²) in [6.07, 6.45) is 0.509. The van der Waals surface area contributed by atoms with Gasteiger partial charge in [-0.1, -0.05) is 0 Å². The van der Waals surface area contributed by atoms with Gasteiger partial charge >= 0.3 is 0 Å². The molecule has 0 saturated carbocycles. The third-order valence-electron chi connectivity index (χ3n) is 5.11. The van der Waals surface area contributed by atoms with Crippen LogP contribution in [0.4, 0.5) is 5.69 Å². The van der Waals surface area contributed by atoms with E-state index in [2.05, 4.69) is 15.3 Å². The van der Waals surface area contributed by atoms with Crippen LogP contribution in [0.2, 0.25) is 0 Å². The molecule has 7 nitrogen and oxygen atoms in total. The minimum atomic E-state index is -0.185. The monoisotopic (exact) mass is 434 g/mol. The number of halogens is 1. The highest BCUT2D eigenvalue weighted by molar-refractivity contribution is 7.09. The molecule has 2 fully saturated rings. The van der Waals surface area contributed by atoms with E-state index in [1.807, 2.05) is 11.8 Å². The van der Waals surface area contributed by atoms with Crippen LogP contribution in [0.3, 0.4) is 0 Å². The lowest BCUT2D eigenvalue weighted by molar-refractivity contribution is -0.121. The molecule has 2 aromatic rings. The number of thiazole rings is 1. The Morgan fingerprint density at radius 1 is 1.03 bits per heavy atom. The normalized spacial score (nSPS) is 17.6. The van der Waals surface area contributed by atoms with Crippen LogP contribution in [0.1, 0.15) is 33.9 Å². The van der Waals surface area contributed by atoms with E-state index >= 15 is 0 Å². The molecule has 154 valence electrons. The molecule has 0 unspecified atom stereocenters. The third-order valence-corrected chi connectivity index (χ3v) is 6.06. The molecule has 2 aliphatic rings. The number of imide groups is 1. The Kier molecular flexibility index (Phi) is 6.66. The first-order chi connectivity index (χ1) is 13.5. The molecule has 2 saturated heterocycles. The predicted molar refractivity (Wildman–Crippen MR) is 113 cm³/mol. The Morgan fingerprint density at radius 3 is 2.21 bits per heavy atom. The number of carbonyl (C=O) groups excluding carboxylic acids is 3. The summed E-state index contributed by atoms with van der Waals surface area (Å²) in [6, 6.07) is 6.74. The van der Waals surface area contributed by atoms with Gasteiger partial charge in [-0.15, -0.1) is 23.7 Å². The van der Waals surface area contributed by atoms with Gasteiger partial charge in [0.05, 0.1) is 12.2 Å². The first-order valence-corrected chi connectivity index (χ1v) is 10.3. The zero-order valence-electron chi connectivity index (χ0n) is 16.2. The largest absolute Gasteiger partial charge is 0.336 e. The van der Waals surface area contributed by atoms with E-state index in [1.165, 1.54) is 4.90 Å². The summed E-state index contributed by atoms with van der Waals surface area (Å²) in [5.41, 5.74) is 2.16. The molecule has 0 atom stereocenters. The second kappa shape index (κ2) is 9.02. The lowest BCUT2D eigenvalue weighted by Gasteiger charge is -2.34. The second-order valence-corrected chi connectivity index (χ2v) is 8.06. The van der Waals surface area contributed by atoms with E-state index in [0.29, 0.717) is 24.3 Å². The van der Waals surface area contributed by atoms with E-state index in [1.54, 1.807) is 35.6 Å². The van der Waals surface area contributed by atoms with Crippen molar-refractivity contribution in [3.05, 3.63) is 45.9 Å². The summed E-state index contributed by atoms with van der Waals surface area (Å²) in [5, 5.41) is 3.17. The molecule has 0 N–H and O–H groups in total. The van der Waals surface area contributed by atoms with Crippen LogP contribution in [-0.4, -0.2) is 58.7 Å². The fraction of sp³-hybridized carbons (Fsp3) is 0.400. The summed E-state index contributed by atoms with van der Waals surface area (Å²) in [7, 11) is 0. The van der Waals surface area contributed by atoms with Gasteiger partial charge in [0.2, 0.25) is 11.8 Å². The molecule has 2 aliphatic heterocycles. The summed E-state index contributed by atoms with van der Waals surface area (Å²) in [4.78, 5) is 46.3. The minimum Gasteiger partial charge on any atom is -0.336 e. The van der Waals surface area contributed by atoms with Crippen LogP contribution in [0, 0.1) is 6.92 Å². The smallest absolute Gasteiger partial charge is 0.253 e. The van der Waals surface area contributed by atoms with E-state index < -0.39 is 0 Å². The fourth-order valence-corrected chi connectivity index (χ4v) is 4.39. The topological polar surface area (TPSA) is 73.8 Å². The maximum absolute atomic E-state index is 12.8. The number of piperazine rings is 1. The number of nitrogens with zero attached hydrogens (tertiary/aromatic N) is 4. The zero-order valence-corrected chi connectivity index (χ0v) is 17.8. The first-order valence-electron chi connectivity index (χ1n) is 9.40. The zero-order chi connectivity index (χ0) is 19.7. The third kappa shape index (κ3) is 4.66. The van der Waals surface area contributed by atoms with Crippen molar-refractivity contribution in [3.8, 4) is 0 Å². The molecule has 0 radical (unpaired) electrons.